The number of nitrogens with one attached hydrogen (secondary N) is 1. The third-order valence-corrected chi connectivity index (χ3v) is 13.5. The Balaban J connectivity index is 1.71. The first-order valence-electron chi connectivity index (χ1n) is 15.1. The van der Waals surface area contributed by atoms with E-state index in [1.54, 1.807) is 31.4 Å². The average molecular weight is 651 g/mol. The molecule has 0 unspecified atom stereocenters. The molecular formula is C35H40F2N2O6Si. The predicted octanol–water partition coefficient (Wildman–Crippen LogP) is 6.48. The molecule has 0 bridgehead atoms. The van der Waals surface area contributed by atoms with Gasteiger partial charge in [-0.15, -0.1) is 0 Å². The molecule has 0 spiro atoms. The highest BCUT2D eigenvalue weighted by Crippen LogP contribution is 2.50. The summed E-state index contributed by atoms with van der Waals surface area (Å²) < 4.78 is 59.4. The van der Waals surface area contributed by atoms with Gasteiger partial charge in [-0.2, -0.15) is 8.78 Å². The summed E-state index contributed by atoms with van der Waals surface area (Å²) >= 11 is 0. The van der Waals surface area contributed by atoms with Crippen LogP contribution < -0.4 is 16.0 Å². The molecule has 0 aliphatic carbocycles. The minimum Gasteiger partial charge on any atom is -0.497 e. The highest BCUT2D eigenvalue weighted by atomic mass is 28.4. The van der Waals surface area contributed by atoms with Crippen molar-refractivity contribution in [2.24, 2.45) is 0 Å². The van der Waals surface area contributed by atoms with Gasteiger partial charge in [0.2, 0.25) is 6.23 Å². The van der Waals surface area contributed by atoms with E-state index in [4.69, 9.17) is 18.6 Å². The van der Waals surface area contributed by atoms with Crippen LogP contribution in [0.1, 0.15) is 43.7 Å². The third kappa shape index (κ3) is 6.24. The summed E-state index contributed by atoms with van der Waals surface area (Å²) in [4.78, 5) is 26.7. The van der Waals surface area contributed by atoms with Gasteiger partial charge in [0.1, 0.15) is 17.5 Å². The number of aromatic nitrogens is 2. The molecule has 3 atom stereocenters. The zero-order chi connectivity index (χ0) is 33.3. The molecule has 1 saturated heterocycles. The normalized spacial score (nSPS) is 20.0. The molecule has 1 N–H and O–H groups in total. The Morgan fingerprint density at radius 1 is 0.870 bits per heavy atom. The van der Waals surface area contributed by atoms with Gasteiger partial charge in [0, 0.05) is 12.3 Å². The predicted molar refractivity (Wildman–Crippen MR) is 174 cm³/mol. The Labute approximate surface area is 268 Å². The van der Waals surface area contributed by atoms with Crippen LogP contribution >= 0.6 is 0 Å². The van der Waals surface area contributed by atoms with Crippen LogP contribution in [0.25, 0.3) is 0 Å². The summed E-state index contributed by atoms with van der Waals surface area (Å²) in [5.41, 5.74) is -1.48. The van der Waals surface area contributed by atoms with Gasteiger partial charge in [0.05, 0.1) is 13.7 Å². The first kappa shape index (κ1) is 33.5. The fourth-order valence-electron chi connectivity index (χ4n) is 5.43. The number of alkyl halides is 2. The standard InChI is InChI=1S/C35H40F2N2O6Si/c1-33(2,3)46(5,6)43-23-28-30(35(36,37)31(44-28)39-22-21-29(40)38-32(39)41)45-34(24-13-9-7-10-14-24,25-15-11-8-12-16-25)26-17-19-27(42-4)20-18-26/h7-22,28,30-31H,23H2,1-6H3,(H,38,40,41)/t28-,30-,31-/m1/s1. The molecule has 1 aliphatic heterocycles. The van der Waals surface area contributed by atoms with Crippen molar-refractivity contribution < 1.29 is 27.4 Å². The molecule has 0 amide bonds. The first-order valence-corrected chi connectivity index (χ1v) is 18.0. The molecule has 3 aromatic carbocycles. The minimum absolute atomic E-state index is 0.201. The van der Waals surface area contributed by atoms with Crippen LogP contribution in [0.4, 0.5) is 8.78 Å². The van der Waals surface area contributed by atoms with Crippen molar-refractivity contribution >= 4 is 8.32 Å². The first-order chi connectivity index (χ1) is 21.7. The molecule has 1 aliphatic rings. The van der Waals surface area contributed by atoms with Gasteiger partial charge in [-0.05, 0) is 47.0 Å². The van der Waals surface area contributed by atoms with Crippen LogP contribution in [0.15, 0.2) is 107 Å². The second-order valence-electron chi connectivity index (χ2n) is 13.0. The summed E-state index contributed by atoms with van der Waals surface area (Å²) in [5.74, 6) is -3.17. The number of halogens is 2. The van der Waals surface area contributed by atoms with Crippen molar-refractivity contribution in [1.82, 2.24) is 9.55 Å². The van der Waals surface area contributed by atoms with Gasteiger partial charge >= 0.3 is 11.6 Å². The smallest absolute Gasteiger partial charge is 0.330 e. The number of ether oxygens (including phenoxy) is 3. The van der Waals surface area contributed by atoms with E-state index in [0.717, 1.165) is 12.3 Å². The maximum atomic E-state index is 17.0. The third-order valence-electron chi connectivity index (χ3n) is 9.03. The summed E-state index contributed by atoms with van der Waals surface area (Å²) in [5, 5.41) is -0.208. The van der Waals surface area contributed by atoms with Crippen LogP contribution in [-0.2, 0) is 19.5 Å². The second-order valence-corrected chi connectivity index (χ2v) is 17.8. The fourth-order valence-corrected chi connectivity index (χ4v) is 6.45. The van der Waals surface area contributed by atoms with E-state index in [1.165, 1.54) is 0 Å². The number of benzene rings is 3. The maximum Gasteiger partial charge on any atom is 0.330 e. The van der Waals surface area contributed by atoms with Crippen molar-refractivity contribution in [2.45, 2.75) is 68.9 Å². The second kappa shape index (κ2) is 12.7. The van der Waals surface area contributed by atoms with Crippen LogP contribution in [0.5, 0.6) is 5.75 Å². The molecule has 1 aromatic heterocycles. The van der Waals surface area contributed by atoms with E-state index >= 15 is 8.78 Å². The van der Waals surface area contributed by atoms with Crippen LogP contribution in [0.3, 0.4) is 0 Å². The lowest BCUT2D eigenvalue weighted by atomic mass is 9.79. The number of rotatable bonds is 10. The molecule has 244 valence electrons. The highest BCUT2D eigenvalue weighted by molar-refractivity contribution is 6.74. The molecule has 5 rings (SSSR count). The minimum atomic E-state index is -3.76. The lowest BCUT2D eigenvalue weighted by Crippen LogP contribution is -2.50. The summed E-state index contributed by atoms with van der Waals surface area (Å²) in [6, 6.07) is 26.4. The lowest BCUT2D eigenvalue weighted by Gasteiger charge is -2.41. The van der Waals surface area contributed by atoms with Gasteiger partial charge in [0.15, 0.2) is 14.4 Å². The largest absolute Gasteiger partial charge is 0.497 e. The lowest BCUT2D eigenvalue weighted by molar-refractivity contribution is -0.180. The Morgan fingerprint density at radius 2 is 1.41 bits per heavy atom. The number of hydrogen-bond donors (Lipinski definition) is 1. The number of H-pyrrole nitrogens is 1. The van der Waals surface area contributed by atoms with Crippen molar-refractivity contribution in [3.8, 4) is 5.75 Å². The molecule has 8 nitrogen and oxygen atoms in total. The van der Waals surface area contributed by atoms with E-state index in [-0.39, 0.29) is 11.6 Å². The van der Waals surface area contributed by atoms with Crippen molar-refractivity contribution in [3.63, 3.8) is 0 Å². The molecular weight excluding hydrogens is 610 g/mol. The van der Waals surface area contributed by atoms with Gasteiger partial charge in [0.25, 0.3) is 5.56 Å². The van der Waals surface area contributed by atoms with Crippen molar-refractivity contribution in [2.75, 3.05) is 13.7 Å². The number of aromatic amines is 1. The fraction of sp³-hybridized carbons (Fsp3) is 0.371. The molecule has 46 heavy (non-hydrogen) atoms. The van der Waals surface area contributed by atoms with E-state index in [9.17, 15) is 9.59 Å². The average Bonchev–Trinajstić information content (AvgIpc) is 3.27. The molecule has 1 fully saturated rings. The molecule has 4 aromatic rings. The Kier molecular flexibility index (Phi) is 9.25. The van der Waals surface area contributed by atoms with Crippen LogP contribution in [0.2, 0.25) is 18.1 Å². The molecule has 11 heteroatoms. The highest BCUT2D eigenvalue weighted by Gasteiger charge is 2.63. The molecule has 0 radical (unpaired) electrons. The summed E-state index contributed by atoms with van der Waals surface area (Å²) in [6.45, 7) is 10.0. The van der Waals surface area contributed by atoms with Gasteiger partial charge in [-0.1, -0.05) is 93.6 Å². The van der Waals surface area contributed by atoms with Gasteiger partial charge in [-0.25, -0.2) is 4.79 Å². The zero-order valence-electron chi connectivity index (χ0n) is 26.8. The van der Waals surface area contributed by atoms with Crippen LogP contribution in [0, 0.1) is 0 Å². The summed E-state index contributed by atoms with van der Waals surface area (Å²) in [6.07, 6.45) is -4.25. The number of nitrogens with zero attached hydrogens (tertiary/aromatic N) is 1. The maximum absolute atomic E-state index is 17.0. The van der Waals surface area contributed by atoms with E-state index in [2.05, 4.69) is 25.8 Å². The number of hydrogen-bond acceptors (Lipinski definition) is 6. The molecule has 0 saturated carbocycles. The topological polar surface area (TPSA) is 91.8 Å². The quantitative estimate of drug-likeness (QED) is 0.156. The Hall–Kier alpha value is -3.90. The van der Waals surface area contributed by atoms with Crippen LogP contribution in [-0.4, -0.2) is 49.7 Å². The van der Waals surface area contributed by atoms with E-state index in [1.807, 2.05) is 73.8 Å². The monoisotopic (exact) mass is 650 g/mol. The number of methoxy groups -OCH3 is 1. The Bertz CT molecular complexity index is 1700. The van der Waals surface area contributed by atoms with E-state index < -0.39 is 49.5 Å². The van der Waals surface area contributed by atoms with Gasteiger partial charge in [-0.3, -0.25) is 14.3 Å². The zero-order valence-corrected chi connectivity index (χ0v) is 27.8. The van der Waals surface area contributed by atoms with Crippen molar-refractivity contribution in [3.05, 3.63) is 135 Å². The van der Waals surface area contributed by atoms with Crippen molar-refractivity contribution in [1.29, 1.82) is 0 Å². The SMILES string of the molecule is COc1ccc(C(O[C@@H]2[C@@H](CO[Si](C)(C)C(C)(C)C)O[C@@H](n3ccc(=O)[nH]c3=O)C2(F)F)(c2ccccc2)c2ccccc2)cc1. The Morgan fingerprint density at radius 3 is 1.91 bits per heavy atom. The van der Waals surface area contributed by atoms with Gasteiger partial charge < -0.3 is 18.6 Å². The molecule has 2 heterocycles. The summed E-state index contributed by atoms with van der Waals surface area (Å²) in [7, 11) is -0.888. The van der Waals surface area contributed by atoms with E-state index in [0.29, 0.717) is 27.0 Å².